The summed E-state index contributed by atoms with van der Waals surface area (Å²) in [5.41, 5.74) is 17.9. The van der Waals surface area contributed by atoms with Crippen LogP contribution in [0.4, 0.5) is 0 Å². The van der Waals surface area contributed by atoms with E-state index in [1.165, 1.54) is 12.5 Å². The molecule has 0 saturated heterocycles. The highest BCUT2D eigenvalue weighted by molar-refractivity contribution is 5.94. The van der Waals surface area contributed by atoms with Crippen molar-refractivity contribution in [3.05, 3.63) is 54.1 Å². The second-order valence-corrected chi connectivity index (χ2v) is 9.71. The van der Waals surface area contributed by atoms with Crippen LogP contribution in [0.5, 0.6) is 0 Å². The van der Waals surface area contributed by atoms with E-state index in [0.717, 1.165) is 5.56 Å². The standard InChI is InChI=1S/C26H39N9O5/c1-15(2)21(27)24(38)35-20(12-17-13-30-14-32-17)23(37)34-19(11-16-7-4-3-5-8-16)22(36)33-18(25(39)40)9-6-10-31-26(28)29/h3-5,7-8,13-15,18-21H,6,9-12,27H2,1-2H3,(H,30,32)(H,33,36)(H,34,37)(H,35,38)(H,39,40)(H4,28,29,31). The number of carbonyl (C=O) groups is 4. The lowest BCUT2D eigenvalue weighted by molar-refractivity contribution is -0.142. The Kier molecular flexibility index (Phi) is 12.6. The molecule has 2 rings (SSSR count). The highest BCUT2D eigenvalue weighted by Crippen LogP contribution is 2.08. The van der Waals surface area contributed by atoms with Crippen molar-refractivity contribution >= 4 is 29.7 Å². The van der Waals surface area contributed by atoms with E-state index < -0.39 is 47.9 Å². The van der Waals surface area contributed by atoms with Crippen LogP contribution in [0.2, 0.25) is 0 Å². The zero-order chi connectivity index (χ0) is 29.7. The summed E-state index contributed by atoms with van der Waals surface area (Å²) in [5.74, 6) is -3.40. The van der Waals surface area contributed by atoms with Gasteiger partial charge in [-0.2, -0.15) is 0 Å². The van der Waals surface area contributed by atoms with Gasteiger partial charge in [-0.3, -0.25) is 19.4 Å². The molecule has 1 aromatic carbocycles. The summed E-state index contributed by atoms with van der Waals surface area (Å²) in [5, 5.41) is 17.5. The van der Waals surface area contributed by atoms with Gasteiger partial charge in [-0.05, 0) is 24.3 Å². The van der Waals surface area contributed by atoms with Gasteiger partial charge in [-0.15, -0.1) is 0 Å². The molecule has 0 radical (unpaired) electrons. The quantitative estimate of drug-likeness (QED) is 0.0698. The summed E-state index contributed by atoms with van der Waals surface area (Å²) in [4.78, 5) is 62.0. The van der Waals surface area contributed by atoms with Gasteiger partial charge in [0.1, 0.15) is 18.1 Å². The zero-order valence-electron chi connectivity index (χ0n) is 22.7. The number of aromatic nitrogens is 2. The second kappa shape index (κ2) is 15.8. The molecule has 14 nitrogen and oxygen atoms in total. The maximum Gasteiger partial charge on any atom is 0.326 e. The van der Waals surface area contributed by atoms with Crippen molar-refractivity contribution in [2.45, 2.75) is 63.7 Å². The molecule has 1 aromatic heterocycles. The number of nitrogens with one attached hydrogen (secondary N) is 4. The molecule has 0 spiro atoms. The lowest BCUT2D eigenvalue weighted by atomic mass is 10.0. The number of aliphatic imine (C=N–C) groups is 1. The Labute approximate surface area is 232 Å². The Hall–Kier alpha value is -4.46. The molecule has 0 fully saturated rings. The molecular weight excluding hydrogens is 518 g/mol. The SMILES string of the molecule is CC(C)C(N)C(=O)NC(Cc1cnc[nH]1)C(=O)NC(Cc1ccccc1)C(=O)NC(CCCN=C(N)N)C(=O)O. The molecule has 11 N–H and O–H groups in total. The number of benzene rings is 1. The summed E-state index contributed by atoms with van der Waals surface area (Å²) < 4.78 is 0. The third kappa shape index (κ3) is 10.7. The van der Waals surface area contributed by atoms with Crippen molar-refractivity contribution in [2.24, 2.45) is 28.1 Å². The highest BCUT2D eigenvalue weighted by Gasteiger charge is 2.31. The van der Waals surface area contributed by atoms with Crippen LogP contribution in [0.3, 0.4) is 0 Å². The molecule has 1 heterocycles. The van der Waals surface area contributed by atoms with Gasteiger partial charge in [0.25, 0.3) is 0 Å². The van der Waals surface area contributed by atoms with Crippen LogP contribution in [0.1, 0.15) is 37.9 Å². The number of imidazole rings is 1. The Bertz CT molecular complexity index is 1130. The molecule has 3 amide bonds. The van der Waals surface area contributed by atoms with Crippen LogP contribution in [0, 0.1) is 5.92 Å². The summed E-state index contributed by atoms with van der Waals surface area (Å²) in [6.45, 7) is 3.76. The van der Waals surface area contributed by atoms with Gasteiger partial charge in [-0.25, -0.2) is 9.78 Å². The molecule has 218 valence electrons. The smallest absolute Gasteiger partial charge is 0.326 e. The second-order valence-electron chi connectivity index (χ2n) is 9.71. The first-order chi connectivity index (χ1) is 19.0. The van der Waals surface area contributed by atoms with Crippen LogP contribution >= 0.6 is 0 Å². The first-order valence-corrected chi connectivity index (χ1v) is 12.9. The predicted molar refractivity (Wildman–Crippen MR) is 149 cm³/mol. The van der Waals surface area contributed by atoms with Crippen LogP contribution in [0.25, 0.3) is 0 Å². The normalized spacial score (nSPS) is 13.9. The minimum Gasteiger partial charge on any atom is -0.480 e. The van der Waals surface area contributed by atoms with Gasteiger partial charge in [0.15, 0.2) is 5.96 Å². The van der Waals surface area contributed by atoms with Crippen molar-refractivity contribution in [3.8, 4) is 0 Å². The number of carboxylic acid groups (broad SMARTS) is 1. The first kappa shape index (κ1) is 31.8. The number of amides is 3. The summed E-state index contributed by atoms with van der Waals surface area (Å²) in [6.07, 6.45) is 3.47. The number of guanidine groups is 1. The topological polar surface area (TPSA) is 244 Å². The Balaban J connectivity index is 2.24. The van der Waals surface area contributed by atoms with Crippen LogP contribution < -0.4 is 33.2 Å². The number of carboxylic acids is 1. The van der Waals surface area contributed by atoms with Crippen molar-refractivity contribution in [2.75, 3.05) is 6.54 Å². The largest absolute Gasteiger partial charge is 0.480 e. The molecule has 0 aliphatic rings. The van der Waals surface area contributed by atoms with Crippen LogP contribution in [-0.2, 0) is 32.0 Å². The Morgan fingerprint density at radius 2 is 1.55 bits per heavy atom. The van der Waals surface area contributed by atoms with E-state index in [9.17, 15) is 24.3 Å². The van der Waals surface area contributed by atoms with Gasteiger partial charge in [0.05, 0.1) is 12.4 Å². The lowest BCUT2D eigenvalue weighted by Crippen LogP contribution is -2.58. The number of nitrogens with two attached hydrogens (primary N) is 3. The van der Waals surface area contributed by atoms with Crippen LogP contribution in [-0.4, -0.2) is 75.4 Å². The van der Waals surface area contributed by atoms with E-state index >= 15 is 0 Å². The molecule has 14 heteroatoms. The molecule has 4 unspecified atom stereocenters. The zero-order valence-corrected chi connectivity index (χ0v) is 22.7. The number of nitrogens with zero attached hydrogens (tertiary/aromatic N) is 2. The number of H-pyrrole nitrogens is 1. The van der Waals surface area contributed by atoms with E-state index in [-0.39, 0.29) is 37.7 Å². The number of rotatable bonds is 16. The van der Waals surface area contributed by atoms with Gasteiger partial charge in [-0.1, -0.05) is 44.2 Å². The van der Waals surface area contributed by atoms with E-state index in [0.29, 0.717) is 12.1 Å². The Morgan fingerprint density at radius 1 is 0.950 bits per heavy atom. The van der Waals surface area contributed by atoms with Gasteiger partial charge in [0.2, 0.25) is 17.7 Å². The van der Waals surface area contributed by atoms with Crippen molar-refractivity contribution in [1.29, 1.82) is 0 Å². The average Bonchev–Trinajstić information content (AvgIpc) is 3.42. The number of hydrogen-bond acceptors (Lipinski definition) is 7. The van der Waals surface area contributed by atoms with E-state index in [2.05, 4.69) is 30.9 Å². The minimum absolute atomic E-state index is 0.0601. The summed E-state index contributed by atoms with van der Waals surface area (Å²) in [6, 6.07) is 4.62. The summed E-state index contributed by atoms with van der Waals surface area (Å²) in [7, 11) is 0. The van der Waals surface area contributed by atoms with Crippen molar-refractivity contribution in [1.82, 2.24) is 25.9 Å². The highest BCUT2D eigenvalue weighted by atomic mass is 16.4. The lowest BCUT2D eigenvalue weighted by Gasteiger charge is -2.25. The van der Waals surface area contributed by atoms with Gasteiger partial charge < -0.3 is 43.2 Å². The number of aliphatic carboxylic acids is 1. The monoisotopic (exact) mass is 557 g/mol. The molecule has 0 aliphatic carbocycles. The first-order valence-electron chi connectivity index (χ1n) is 12.9. The van der Waals surface area contributed by atoms with Crippen LogP contribution in [0.15, 0.2) is 47.8 Å². The van der Waals surface area contributed by atoms with Crippen molar-refractivity contribution in [3.63, 3.8) is 0 Å². The number of hydrogen-bond donors (Lipinski definition) is 8. The maximum absolute atomic E-state index is 13.5. The fourth-order valence-corrected chi connectivity index (χ4v) is 3.76. The molecule has 2 aromatic rings. The number of aromatic amines is 1. The Morgan fingerprint density at radius 3 is 2.10 bits per heavy atom. The fraction of sp³-hybridized carbons (Fsp3) is 0.462. The molecule has 0 aliphatic heterocycles. The molecule has 0 saturated carbocycles. The molecule has 40 heavy (non-hydrogen) atoms. The maximum atomic E-state index is 13.5. The van der Waals surface area contributed by atoms with E-state index in [4.69, 9.17) is 17.2 Å². The van der Waals surface area contributed by atoms with Gasteiger partial charge >= 0.3 is 5.97 Å². The molecule has 0 bridgehead atoms. The fourth-order valence-electron chi connectivity index (χ4n) is 3.76. The molecular formula is C26H39N9O5. The third-order valence-corrected chi connectivity index (χ3v) is 6.11. The molecule has 4 atom stereocenters. The van der Waals surface area contributed by atoms with Gasteiger partial charge in [0, 0.05) is 31.3 Å². The van der Waals surface area contributed by atoms with E-state index in [1.807, 2.05) is 6.07 Å². The average molecular weight is 558 g/mol. The predicted octanol–water partition coefficient (Wildman–Crippen LogP) is -1.23. The third-order valence-electron chi connectivity index (χ3n) is 6.11. The van der Waals surface area contributed by atoms with Crippen molar-refractivity contribution < 1.29 is 24.3 Å². The van der Waals surface area contributed by atoms with E-state index in [1.54, 1.807) is 38.1 Å². The minimum atomic E-state index is -1.24. The number of carbonyl (C=O) groups excluding carboxylic acids is 3. The summed E-state index contributed by atoms with van der Waals surface area (Å²) >= 11 is 0.